The summed E-state index contributed by atoms with van der Waals surface area (Å²) < 4.78 is 1.14. The second-order valence-electron chi connectivity index (χ2n) is 5.36. The predicted octanol–water partition coefficient (Wildman–Crippen LogP) is 5.83. The molecule has 0 amide bonds. The normalized spacial score (nSPS) is 12.8. The lowest BCUT2D eigenvalue weighted by atomic mass is 9.97. The molecule has 1 N–H and O–H groups in total. The smallest absolute Gasteiger partial charge is 0.0320 e. The lowest BCUT2D eigenvalue weighted by molar-refractivity contribution is 0.487. The first-order valence-corrected chi connectivity index (χ1v) is 8.46. The summed E-state index contributed by atoms with van der Waals surface area (Å²) in [4.78, 5) is 0. The fourth-order valence-corrected chi connectivity index (χ4v) is 3.06. The van der Waals surface area contributed by atoms with Gasteiger partial charge in [-0.25, -0.2) is 0 Å². The van der Waals surface area contributed by atoms with Crippen LogP contribution < -0.4 is 5.32 Å². The molecule has 2 aromatic carbocycles. The Kier molecular flexibility index (Phi) is 6.06. The molecule has 0 aliphatic carbocycles. The molecule has 2 heteroatoms. The highest BCUT2D eigenvalue weighted by Crippen LogP contribution is 2.26. The highest BCUT2D eigenvalue weighted by atomic mass is 79.9. The third-order valence-corrected chi connectivity index (χ3v) is 4.27. The fourth-order valence-electron chi connectivity index (χ4n) is 2.68. The molecule has 0 spiro atoms. The maximum atomic E-state index is 3.62. The summed E-state index contributed by atoms with van der Waals surface area (Å²) in [6.45, 7) is 5.47. The summed E-state index contributed by atoms with van der Waals surface area (Å²) >= 11 is 3.53. The van der Waals surface area contributed by atoms with E-state index in [1.54, 1.807) is 0 Å². The average molecular weight is 334 g/mol. The minimum Gasteiger partial charge on any atom is -0.310 e. The molecule has 0 saturated carbocycles. The van der Waals surface area contributed by atoms with E-state index < -0.39 is 0 Å². The van der Waals surface area contributed by atoms with Crippen molar-refractivity contribution in [2.24, 2.45) is 0 Å². The summed E-state index contributed by atoms with van der Waals surface area (Å²) in [6.07, 6.45) is 5.13. The minimum absolute atomic E-state index is 0.486. The van der Waals surface area contributed by atoms with E-state index in [1.807, 2.05) is 0 Å². The molecule has 1 unspecified atom stereocenters. The molecule has 0 bridgehead atoms. The zero-order chi connectivity index (χ0) is 14.4. The van der Waals surface area contributed by atoms with Gasteiger partial charge in [-0.1, -0.05) is 67.2 Å². The molecule has 0 heterocycles. The molecule has 1 atom stereocenters. The number of nitrogens with one attached hydrogen (secondary N) is 1. The largest absolute Gasteiger partial charge is 0.310 e. The summed E-state index contributed by atoms with van der Waals surface area (Å²) in [5, 5.41) is 6.25. The predicted molar refractivity (Wildman–Crippen MR) is 92.2 cm³/mol. The molecule has 0 fully saturated rings. The van der Waals surface area contributed by atoms with Crippen LogP contribution in [0.1, 0.15) is 51.1 Å². The van der Waals surface area contributed by atoms with E-state index in [4.69, 9.17) is 0 Å². The van der Waals surface area contributed by atoms with Gasteiger partial charge in [0.15, 0.2) is 0 Å². The van der Waals surface area contributed by atoms with Gasteiger partial charge in [0.25, 0.3) is 0 Å². The fraction of sp³-hybridized carbons (Fsp3) is 0.444. The Morgan fingerprint density at radius 1 is 1.00 bits per heavy atom. The molecule has 0 aliphatic rings. The van der Waals surface area contributed by atoms with Gasteiger partial charge in [0, 0.05) is 10.5 Å². The Morgan fingerprint density at radius 2 is 1.75 bits per heavy atom. The number of hydrogen-bond acceptors (Lipinski definition) is 1. The van der Waals surface area contributed by atoms with Crippen molar-refractivity contribution >= 4 is 26.7 Å². The Bertz CT molecular complexity index is 550. The van der Waals surface area contributed by atoms with Crippen LogP contribution in [0.5, 0.6) is 0 Å². The summed E-state index contributed by atoms with van der Waals surface area (Å²) in [7, 11) is 0. The van der Waals surface area contributed by atoms with Gasteiger partial charge in [0.2, 0.25) is 0 Å². The van der Waals surface area contributed by atoms with Crippen molar-refractivity contribution in [3.05, 3.63) is 46.4 Å². The van der Waals surface area contributed by atoms with E-state index in [1.165, 1.54) is 42.0 Å². The Labute approximate surface area is 130 Å². The van der Waals surface area contributed by atoms with E-state index in [0.29, 0.717) is 6.04 Å². The SMILES string of the molecule is CCCCCC(NCC)c1ccc2cc(Br)ccc2c1. The molecule has 2 rings (SSSR count). The Balaban J connectivity index is 2.21. The highest BCUT2D eigenvalue weighted by Gasteiger charge is 2.10. The van der Waals surface area contributed by atoms with Crippen LogP contribution in [0.15, 0.2) is 40.9 Å². The highest BCUT2D eigenvalue weighted by molar-refractivity contribution is 9.10. The first kappa shape index (κ1) is 15.5. The lowest BCUT2D eigenvalue weighted by Crippen LogP contribution is -2.20. The first-order valence-electron chi connectivity index (χ1n) is 7.67. The van der Waals surface area contributed by atoms with Gasteiger partial charge in [-0.2, -0.15) is 0 Å². The molecule has 2 aromatic rings. The van der Waals surface area contributed by atoms with Crippen LogP contribution in [0.4, 0.5) is 0 Å². The quantitative estimate of drug-likeness (QED) is 0.628. The number of fused-ring (bicyclic) bond motifs is 1. The molecule has 0 aliphatic heterocycles. The average Bonchev–Trinajstić information content (AvgIpc) is 2.46. The van der Waals surface area contributed by atoms with Gasteiger partial charge in [0.05, 0.1) is 0 Å². The molecule has 0 radical (unpaired) electrons. The molecule has 0 saturated heterocycles. The zero-order valence-corrected chi connectivity index (χ0v) is 14.0. The lowest BCUT2D eigenvalue weighted by Gasteiger charge is -2.19. The molecular formula is C18H24BrN. The van der Waals surface area contributed by atoms with Crippen LogP contribution in [-0.2, 0) is 0 Å². The van der Waals surface area contributed by atoms with Crippen LogP contribution in [-0.4, -0.2) is 6.54 Å². The minimum atomic E-state index is 0.486. The van der Waals surface area contributed by atoms with Crippen molar-refractivity contribution in [1.29, 1.82) is 0 Å². The van der Waals surface area contributed by atoms with E-state index in [2.05, 4.69) is 71.5 Å². The zero-order valence-electron chi connectivity index (χ0n) is 12.5. The number of unbranched alkanes of at least 4 members (excludes halogenated alkanes) is 2. The Hall–Kier alpha value is -0.860. The first-order chi connectivity index (χ1) is 9.74. The number of halogens is 1. The van der Waals surface area contributed by atoms with Crippen molar-refractivity contribution in [3.63, 3.8) is 0 Å². The molecule has 20 heavy (non-hydrogen) atoms. The van der Waals surface area contributed by atoms with Gasteiger partial charge >= 0.3 is 0 Å². The molecule has 108 valence electrons. The van der Waals surface area contributed by atoms with Crippen molar-refractivity contribution in [3.8, 4) is 0 Å². The van der Waals surface area contributed by atoms with E-state index in [9.17, 15) is 0 Å². The van der Waals surface area contributed by atoms with Gasteiger partial charge in [-0.3, -0.25) is 0 Å². The number of benzene rings is 2. The van der Waals surface area contributed by atoms with Crippen LogP contribution in [0, 0.1) is 0 Å². The Morgan fingerprint density at radius 3 is 2.50 bits per heavy atom. The summed E-state index contributed by atoms with van der Waals surface area (Å²) in [5.74, 6) is 0. The van der Waals surface area contributed by atoms with Crippen LogP contribution in [0.2, 0.25) is 0 Å². The maximum absolute atomic E-state index is 3.62. The molecular weight excluding hydrogens is 310 g/mol. The van der Waals surface area contributed by atoms with Crippen molar-refractivity contribution in [2.75, 3.05) is 6.54 Å². The van der Waals surface area contributed by atoms with Crippen LogP contribution >= 0.6 is 15.9 Å². The topological polar surface area (TPSA) is 12.0 Å². The maximum Gasteiger partial charge on any atom is 0.0320 e. The van der Waals surface area contributed by atoms with Gasteiger partial charge < -0.3 is 5.32 Å². The summed E-state index contributed by atoms with van der Waals surface area (Å²) in [6, 6.07) is 13.8. The van der Waals surface area contributed by atoms with Crippen molar-refractivity contribution in [1.82, 2.24) is 5.32 Å². The summed E-state index contributed by atoms with van der Waals surface area (Å²) in [5.41, 5.74) is 1.41. The van der Waals surface area contributed by atoms with E-state index >= 15 is 0 Å². The second kappa shape index (κ2) is 7.80. The van der Waals surface area contributed by atoms with Crippen molar-refractivity contribution < 1.29 is 0 Å². The third-order valence-electron chi connectivity index (χ3n) is 3.78. The van der Waals surface area contributed by atoms with Gasteiger partial charge in [0.1, 0.15) is 0 Å². The second-order valence-corrected chi connectivity index (χ2v) is 6.27. The molecule has 1 nitrogen and oxygen atoms in total. The van der Waals surface area contributed by atoms with Crippen molar-refractivity contribution in [2.45, 2.75) is 45.6 Å². The number of hydrogen-bond donors (Lipinski definition) is 1. The monoisotopic (exact) mass is 333 g/mol. The van der Waals surface area contributed by atoms with Crippen LogP contribution in [0.3, 0.4) is 0 Å². The van der Waals surface area contributed by atoms with E-state index in [0.717, 1.165) is 11.0 Å². The van der Waals surface area contributed by atoms with Crippen LogP contribution in [0.25, 0.3) is 10.8 Å². The van der Waals surface area contributed by atoms with Gasteiger partial charge in [-0.15, -0.1) is 0 Å². The molecule has 0 aromatic heterocycles. The van der Waals surface area contributed by atoms with E-state index in [-0.39, 0.29) is 0 Å². The number of rotatable bonds is 7. The third kappa shape index (κ3) is 4.07. The standard InChI is InChI=1S/C18H24BrN/c1-3-5-6-7-18(20-4-2)16-9-8-15-13-17(19)11-10-14(15)12-16/h8-13,18,20H,3-7H2,1-2H3. The van der Waals surface area contributed by atoms with Gasteiger partial charge in [-0.05, 0) is 47.5 Å².